The number of fused-ring (bicyclic) bond motifs is 2. The molecule has 6 nitrogen and oxygen atoms in total. The van der Waals surface area contributed by atoms with E-state index in [1.807, 2.05) is 12.1 Å². The maximum atomic E-state index is 13.1. The number of carbonyl (C=O) groups excluding carboxylic acids is 1. The Labute approximate surface area is 188 Å². The molecule has 156 valence electrons. The normalized spacial score (nSPS) is 17.5. The van der Waals surface area contributed by atoms with Crippen molar-refractivity contribution in [2.24, 2.45) is 5.92 Å². The van der Waals surface area contributed by atoms with Gasteiger partial charge in [-0.15, -0.1) is 0 Å². The lowest BCUT2D eigenvalue weighted by Crippen LogP contribution is -2.46. The summed E-state index contributed by atoms with van der Waals surface area (Å²) >= 11 is 7.92. The number of halogens is 1. The minimum Gasteiger partial charge on any atom is -0.480 e. The van der Waals surface area contributed by atoms with Crippen LogP contribution in [-0.2, 0) is 22.4 Å². The number of aromatic nitrogens is 2. The molecule has 3 atom stereocenters. The lowest BCUT2D eigenvalue weighted by Gasteiger charge is -2.24. The largest absolute Gasteiger partial charge is 0.480 e. The van der Waals surface area contributed by atoms with Crippen LogP contribution in [0.4, 0.5) is 0 Å². The van der Waals surface area contributed by atoms with Crippen LogP contribution in [-0.4, -0.2) is 38.7 Å². The highest BCUT2D eigenvalue weighted by atomic mass is 79.9. The van der Waals surface area contributed by atoms with Crippen LogP contribution in [0.5, 0.6) is 0 Å². The highest BCUT2D eigenvalue weighted by Crippen LogP contribution is 2.40. The topological polar surface area (TPSA) is 95.1 Å². The number of rotatable bonds is 7. The van der Waals surface area contributed by atoms with Crippen molar-refractivity contribution in [3.63, 3.8) is 0 Å². The molecule has 0 bridgehead atoms. The van der Waals surface area contributed by atoms with Gasteiger partial charge in [-0.1, -0.05) is 22.0 Å². The maximum Gasteiger partial charge on any atom is 0.326 e. The molecule has 30 heavy (non-hydrogen) atoms. The van der Waals surface area contributed by atoms with Crippen molar-refractivity contribution in [2.75, 3.05) is 5.75 Å². The predicted molar refractivity (Wildman–Crippen MR) is 122 cm³/mol. The number of benzene rings is 1. The van der Waals surface area contributed by atoms with Gasteiger partial charge in [0, 0.05) is 34.4 Å². The van der Waals surface area contributed by atoms with Gasteiger partial charge in [0.1, 0.15) is 6.04 Å². The molecular formula is C22H22BrN3O3S. The van der Waals surface area contributed by atoms with Crippen molar-refractivity contribution in [3.8, 4) is 0 Å². The fraction of sp³-hybridized carbons (Fsp3) is 0.318. The molecule has 1 aromatic carbocycles. The van der Waals surface area contributed by atoms with E-state index in [-0.39, 0.29) is 24.2 Å². The number of aryl methyl sites for hydroxylation is 1. The fourth-order valence-electron chi connectivity index (χ4n) is 4.33. The Bertz CT molecular complexity index is 1100. The van der Waals surface area contributed by atoms with Crippen LogP contribution in [0.3, 0.4) is 0 Å². The van der Waals surface area contributed by atoms with E-state index in [1.165, 1.54) is 5.56 Å². The number of thiol groups is 1. The van der Waals surface area contributed by atoms with Gasteiger partial charge in [-0.2, -0.15) is 12.6 Å². The summed E-state index contributed by atoms with van der Waals surface area (Å²) in [5.41, 5.74) is 4.06. The minimum absolute atomic E-state index is 0.0409. The van der Waals surface area contributed by atoms with Crippen LogP contribution in [0.15, 0.2) is 47.3 Å². The van der Waals surface area contributed by atoms with E-state index in [2.05, 4.69) is 56.0 Å². The standard InChI is InChI=1S/C22H22BrN3O3S/c23-14-2-4-15-12(7-14)1-3-17(15)18(11-30)21(27)26-19(22(28)29)8-13-9-25-20-10-24-6-5-16(13)20/h2,4-7,9-10,17-19,25,30H,1,3,8,11H2,(H,26,27)(H,28,29). The van der Waals surface area contributed by atoms with Gasteiger partial charge in [-0.05, 0) is 53.6 Å². The van der Waals surface area contributed by atoms with Gasteiger partial charge in [0.25, 0.3) is 0 Å². The number of H-pyrrole nitrogens is 1. The lowest BCUT2D eigenvalue weighted by atomic mass is 9.87. The van der Waals surface area contributed by atoms with Crippen molar-refractivity contribution >= 4 is 51.3 Å². The van der Waals surface area contributed by atoms with Crippen molar-refractivity contribution in [1.82, 2.24) is 15.3 Å². The molecule has 1 aliphatic rings. The summed E-state index contributed by atoms with van der Waals surface area (Å²) in [6.07, 6.45) is 7.09. The molecule has 3 unspecified atom stereocenters. The highest BCUT2D eigenvalue weighted by molar-refractivity contribution is 9.10. The number of aromatic amines is 1. The van der Waals surface area contributed by atoms with Gasteiger partial charge < -0.3 is 15.4 Å². The van der Waals surface area contributed by atoms with Crippen LogP contribution in [0.25, 0.3) is 10.9 Å². The molecular weight excluding hydrogens is 466 g/mol. The minimum atomic E-state index is -1.06. The molecule has 2 aromatic heterocycles. The van der Waals surface area contributed by atoms with Crippen molar-refractivity contribution in [3.05, 3.63) is 64.0 Å². The van der Waals surface area contributed by atoms with Gasteiger partial charge in [-0.3, -0.25) is 9.78 Å². The molecule has 4 rings (SSSR count). The van der Waals surface area contributed by atoms with Crippen LogP contribution in [0.2, 0.25) is 0 Å². The zero-order chi connectivity index (χ0) is 21.3. The SMILES string of the molecule is O=C(O)C(Cc1c[nH]c2cnccc12)NC(=O)C(CS)C1CCc2cc(Br)ccc21. The van der Waals surface area contributed by atoms with Crippen molar-refractivity contribution in [1.29, 1.82) is 0 Å². The molecule has 0 fully saturated rings. The summed E-state index contributed by atoms with van der Waals surface area (Å²) in [7, 11) is 0. The monoisotopic (exact) mass is 487 g/mol. The van der Waals surface area contributed by atoms with Gasteiger partial charge in [0.15, 0.2) is 0 Å². The first-order valence-corrected chi connectivity index (χ1v) is 11.2. The summed E-state index contributed by atoms with van der Waals surface area (Å²) in [6, 6.07) is 6.95. The summed E-state index contributed by atoms with van der Waals surface area (Å²) in [6.45, 7) is 0. The van der Waals surface area contributed by atoms with Crippen LogP contribution < -0.4 is 5.32 Å². The second kappa shape index (κ2) is 8.81. The van der Waals surface area contributed by atoms with Crippen molar-refractivity contribution < 1.29 is 14.7 Å². The average Bonchev–Trinajstić information content (AvgIpc) is 3.32. The molecule has 0 spiro atoms. The molecule has 0 saturated carbocycles. The average molecular weight is 488 g/mol. The number of pyridine rings is 1. The number of aliphatic carboxylic acids is 1. The Morgan fingerprint density at radius 1 is 1.37 bits per heavy atom. The van der Waals surface area contributed by atoms with Crippen molar-refractivity contribution in [2.45, 2.75) is 31.2 Å². The Kier molecular flexibility index (Phi) is 6.15. The van der Waals surface area contributed by atoms with E-state index < -0.39 is 12.0 Å². The van der Waals surface area contributed by atoms with Gasteiger partial charge in [0.2, 0.25) is 5.91 Å². The van der Waals surface area contributed by atoms with Crippen LogP contribution in [0, 0.1) is 5.92 Å². The second-order valence-corrected chi connectivity index (χ2v) is 8.90. The number of amides is 1. The van der Waals surface area contributed by atoms with E-state index in [9.17, 15) is 14.7 Å². The Balaban J connectivity index is 1.52. The number of hydrogen-bond donors (Lipinski definition) is 4. The maximum absolute atomic E-state index is 13.1. The molecule has 0 radical (unpaired) electrons. The molecule has 3 N–H and O–H groups in total. The third-order valence-corrected chi connectivity index (χ3v) is 6.74. The van der Waals surface area contributed by atoms with E-state index >= 15 is 0 Å². The Hall–Kier alpha value is -2.32. The van der Waals surface area contributed by atoms with Crippen LogP contribution in [0.1, 0.15) is 29.0 Å². The summed E-state index contributed by atoms with van der Waals surface area (Å²) in [5, 5.41) is 13.4. The number of carbonyl (C=O) groups is 2. The van der Waals surface area contributed by atoms with Gasteiger partial charge in [-0.25, -0.2) is 4.79 Å². The zero-order valence-electron chi connectivity index (χ0n) is 16.1. The Morgan fingerprint density at radius 2 is 2.20 bits per heavy atom. The van der Waals surface area contributed by atoms with E-state index in [4.69, 9.17) is 0 Å². The summed E-state index contributed by atoms with van der Waals surface area (Å²) in [5.74, 6) is -1.30. The third kappa shape index (κ3) is 4.11. The van der Waals surface area contributed by atoms with Gasteiger partial charge in [0.05, 0.1) is 17.6 Å². The summed E-state index contributed by atoms with van der Waals surface area (Å²) < 4.78 is 1.02. The first-order valence-electron chi connectivity index (χ1n) is 9.80. The fourth-order valence-corrected chi connectivity index (χ4v) is 5.16. The molecule has 8 heteroatoms. The first kappa shape index (κ1) is 20.9. The zero-order valence-corrected chi connectivity index (χ0v) is 18.6. The summed E-state index contributed by atoms with van der Waals surface area (Å²) in [4.78, 5) is 32.2. The smallest absolute Gasteiger partial charge is 0.326 e. The molecule has 3 aromatic rings. The number of hydrogen-bond acceptors (Lipinski definition) is 4. The quantitative estimate of drug-likeness (QED) is 0.382. The number of carboxylic acid groups (broad SMARTS) is 1. The predicted octanol–water partition coefficient (Wildman–Crippen LogP) is 3.71. The molecule has 2 heterocycles. The number of nitrogens with one attached hydrogen (secondary N) is 2. The molecule has 1 amide bonds. The highest BCUT2D eigenvalue weighted by Gasteiger charge is 2.35. The molecule has 0 saturated heterocycles. The van der Waals surface area contributed by atoms with Crippen LogP contribution >= 0.6 is 28.6 Å². The first-order chi connectivity index (χ1) is 14.5. The van der Waals surface area contributed by atoms with Gasteiger partial charge >= 0.3 is 5.97 Å². The van der Waals surface area contributed by atoms with E-state index in [0.717, 1.165) is 39.3 Å². The Morgan fingerprint density at radius 3 is 2.97 bits per heavy atom. The lowest BCUT2D eigenvalue weighted by molar-refractivity contribution is -0.142. The van der Waals surface area contributed by atoms with E-state index in [0.29, 0.717) is 5.75 Å². The van der Waals surface area contributed by atoms with E-state index in [1.54, 1.807) is 18.6 Å². The second-order valence-electron chi connectivity index (χ2n) is 7.62. The number of nitrogens with zero attached hydrogens (tertiary/aromatic N) is 1. The third-order valence-electron chi connectivity index (χ3n) is 5.86. The number of carboxylic acids is 1. The molecule has 1 aliphatic carbocycles. The molecule has 0 aliphatic heterocycles.